The molecule has 0 radical (unpaired) electrons. The number of allylic oxidation sites excluding steroid dienone is 1. The number of halogens is 1. The van der Waals surface area contributed by atoms with Gasteiger partial charge in [-0.05, 0) is 39.2 Å². The van der Waals surface area contributed by atoms with Crippen molar-refractivity contribution in [2.24, 2.45) is 11.8 Å². The number of rotatable bonds is 14. The van der Waals surface area contributed by atoms with Crippen LogP contribution in [0.3, 0.4) is 0 Å². The van der Waals surface area contributed by atoms with Crippen molar-refractivity contribution in [3.8, 4) is 0 Å². The van der Waals surface area contributed by atoms with Gasteiger partial charge < -0.3 is 29.7 Å². The van der Waals surface area contributed by atoms with Gasteiger partial charge in [-0.1, -0.05) is 58.4 Å². The van der Waals surface area contributed by atoms with E-state index in [4.69, 9.17) is 9.47 Å². The maximum absolute atomic E-state index is 14.1. The second-order valence-electron chi connectivity index (χ2n) is 11.7. The number of likely N-dealkylation sites (tertiary alicyclic amines) is 1. The van der Waals surface area contributed by atoms with E-state index in [2.05, 4.69) is 34.4 Å². The standard InChI is InChI=1S/C32H42BrN3O7/c1-6-8-14-23(38)34-20(5)26(21-12-10-9-11-13-21)42-31(41)24-25-29(39)36(16-17-37)28(30(40)35(15-7-2)19(3)4)32(25)18-22(33)27(24)43-32/h6-7,9-13,19-20,22,24-28,37H,1-2,8,14-18H2,3-5H3,(H,34,38)/t20-,22?,24-,25+,26-,27-,28-,32+/m0/s1. The average Bonchev–Trinajstić information content (AvgIpc) is 3.56. The summed E-state index contributed by atoms with van der Waals surface area (Å²) in [6.07, 6.45) is 2.86. The van der Waals surface area contributed by atoms with Crippen molar-refractivity contribution in [2.75, 3.05) is 19.7 Å². The van der Waals surface area contributed by atoms with Gasteiger partial charge in [0.2, 0.25) is 17.7 Å². The number of benzene rings is 1. The molecule has 0 saturated carbocycles. The SMILES string of the molecule is C=CCCC(=O)N[C@@H](C)[C@H](OC(=O)[C@@H]1[C@H]2O[C@@]3(CC2Br)[C@H](C(=O)N(CC=C)C(C)C)N(CCO)C(=O)[C@@H]13)c1ccccc1. The highest BCUT2D eigenvalue weighted by Crippen LogP contribution is 2.60. The maximum Gasteiger partial charge on any atom is 0.313 e. The Labute approximate surface area is 261 Å². The van der Waals surface area contributed by atoms with Crippen LogP contribution in [0.25, 0.3) is 0 Å². The summed E-state index contributed by atoms with van der Waals surface area (Å²) in [7, 11) is 0. The molecule has 3 aliphatic rings. The molecule has 10 nitrogen and oxygen atoms in total. The van der Waals surface area contributed by atoms with Crippen LogP contribution in [0.4, 0.5) is 0 Å². The van der Waals surface area contributed by atoms with Gasteiger partial charge in [0.05, 0.1) is 30.6 Å². The number of nitrogens with zero attached hydrogens (tertiary/aromatic N) is 2. The Balaban J connectivity index is 1.67. The van der Waals surface area contributed by atoms with Gasteiger partial charge in [-0.25, -0.2) is 0 Å². The van der Waals surface area contributed by atoms with E-state index in [-0.39, 0.29) is 48.8 Å². The zero-order valence-electron chi connectivity index (χ0n) is 25.0. The van der Waals surface area contributed by atoms with E-state index in [1.807, 2.05) is 44.2 Å². The Bertz CT molecular complexity index is 1230. The number of aliphatic hydroxyl groups is 1. The van der Waals surface area contributed by atoms with Crippen LogP contribution in [0.5, 0.6) is 0 Å². The van der Waals surface area contributed by atoms with Gasteiger partial charge in [-0.2, -0.15) is 0 Å². The molecule has 2 bridgehead atoms. The molecule has 0 aliphatic carbocycles. The Morgan fingerprint density at radius 2 is 1.93 bits per heavy atom. The number of hydrogen-bond acceptors (Lipinski definition) is 7. The van der Waals surface area contributed by atoms with Crippen molar-refractivity contribution in [1.82, 2.24) is 15.1 Å². The number of carbonyl (C=O) groups excluding carboxylic acids is 4. The molecule has 3 heterocycles. The van der Waals surface area contributed by atoms with E-state index < -0.39 is 53.6 Å². The van der Waals surface area contributed by atoms with Gasteiger partial charge >= 0.3 is 5.97 Å². The molecule has 2 N–H and O–H groups in total. The number of nitrogens with one attached hydrogen (secondary N) is 1. The number of amides is 3. The van der Waals surface area contributed by atoms with Crippen LogP contribution in [-0.4, -0.2) is 93.0 Å². The lowest BCUT2D eigenvalue weighted by Crippen LogP contribution is -2.58. The maximum atomic E-state index is 14.1. The van der Waals surface area contributed by atoms with E-state index in [0.717, 1.165) is 0 Å². The molecule has 3 aliphatic heterocycles. The summed E-state index contributed by atoms with van der Waals surface area (Å²) < 4.78 is 12.7. The fourth-order valence-electron chi connectivity index (χ4n) is 6.82. The van der Waals surface area contributed by atoms with Gasteiger partial charge in [0.25, 0.3) is 0 Å². The lowest BCUT2D eigenvalue weighted by atomic mass is 9.70. The summed E-state index contributed by atoms with van der Waals surface area (Å²) in [4.78, 5) is 57.5. The zero-order valence-corrected chi connectivity index (χ0v) is 26.6. The highest BCUT2D eigenvalue weighted by atomic mass is 79.9. The minimum absolute atomic E-state index is 0.0727. The molecule has 1 aromatic rings. The lowest BCUT2D eigenvalue weighted by Gasteiger charge is -2.38. The minimum Gasteiger partial charge on any atom is -0.455 e. The molecule has 11 heteroatoms. The summed E-state index contributed by atoms with van der Waals surface area (Å²) >= 11 is 3.67. The molecule has 3 amide bonds. The number of β-amino-alcohol motifs (C(OH)–C–C–N with tert-alkyl or cyclic N) is 1. The first-order chi connectivity index (χ1) is 20.5. The van der Waals surface area contributed by atoms with Gasteiger partial charge in [0.15, 0.2) is 0 Å². The number of aliphatic hydroxyl groups excluding tert-OH is 1. The third kappa shape index (κ3) is 6.17. The van der Waals surface area contributed by atoms with Gasteiger partial charge in [-0.3, -0.25) is 19.2 Å². The Hall–Kier alpha value is -3.02. The van der Waals surface area contributed by atoms with Gasteiger partial charge in [0, 0.05) is 30.4 Å². The van der Waals surface area contributed by atoms with E-state index in [1.54, 1.807) is 24.0 Å². The van der Waals surface area contributed by atoms with Gasteiger partial charge in [-0.15, -0.1) is 13.2 Å². The van der Waals surface area contributed by atoms with Crippen LogP contribution in [0.15, 0.2) is 55.6 Å². The van der Waals surface area contributed by atoms with Crippen molar-refractivity contribution < 1.29 is 33.8 Å². The average molecular weight is 661 g/mol. The first kappa shape index (κ1) is 32.9. The van der Waals surface area contributed by atoms with E-state index in [0.29, 0.717) is 18.4 Å². The number of hydrogen-bond donors (Lipinski definition) is 2. The van der Waals surface area contributed by atoms with Crippen molar-refractivity contribution >= 4 is 39.6 Å². The third-order valence-electron chi connectivity index (χ3n) is 8.66. The molecule has 4 rings (SSSR count). The minimum atomic E-state index is -1.27. The van der Waals surface area contributed by atoms with E-state index in [9.17, 15) is 24.3 Å². The lowest BCUT2D eigenvalue weighted by molar-refractivity contribution is -0.162. The second kappa shape index (κ2) is 13.7. The summed E-state index contributed by atoms with van der Waals surface area (Å²) in [5.41, 5.74) is -0.585. The van der Waals surface area contributed by atoms with Crippen molar-refractivity contribution in [2.45, 2.75) is 80.8 Å². The largest absolute Gasteiger partial charge is 0.455 e. The third-order valence-corrected chi connectivity index (χ3v) is 9.50. The molecular weight excluding hydrogens is 618 g/mol. The molecule has 8 atom stereocenters. The number of ether oxygens (including phenoxy) is 2. The topological polar surface area (TPSA) is 125 Å². The number of esters is 1. The Morgan fingerprint density at radius 3 is 2.53 bits per heavy atom. The van der Waals surface area contributed by atoms with E-state index >= 15 is 0 Å². The van der Waals surface area contributed by atoms with Gasteiger partial charge in [0.1, 0.15) is 17.7 Å². The fraction of sp³-hybridized carbons (Fsp3) is 0.562. The van der Waals surface area contributed by atoms with E-state index in [1.165, 1.54) is 4.90 Å². The zero-order chi connectivity index (χ0) is 31.5. The highest BCUT2D eigenvalue weighted by molar-refractivity contribution is 9.09. The first-order valence-corrected chi connectivity index (χ1v) is 15.7. The second-order valence-corrected chi connectivity index (χ2v) is 12.9. The van der Waals surface area contributed by atoms with Crippen LogP contribution in [0.2, 0.25) is 0 Å². The number of fused-ring (bicyclic) bond motifs is 1. The smallest absolute Gasteiger partial charge is 0.313 e. The molecule has 1 aromatic carbocycles. The fourth-order valence-corrected chi connectivity index (χ4v) is 7.76. The summed E-state index contributed by atoms with van der Waals surface area (Å²) in [6.45, 7) is 12.8. The first-order valence-electron chi connectivity index (χ1n) is 14.8. The Kier molecular flexibility index (Phi) is 10.5. The van der Waals surface area contributed by atoms with Crippen LogP contribution in [0.1, 0.15) is 51.7 Å². The quantitative estimate of drug-likeness (QED) is 0.179. The molecule has 234 valence electrons. The van der Waals surface area contributed by atoms with Crippen LogP contribution >= 0.6 is 15.9 Å². The molecule has 3 saturated heterocycles. The van der Waals surface area contributed by atoms with Crippen LogP contribution < -0.4 is 5.32 Å². The van der Waals surface area contributed by atoms with Crippen LogP contribution in [-0.2, 0) is 28.7 Å². The summed E-state index contributed by atoms with van der Waals surface area (Å²) in [5.74, 6) is -3.53. The summed E-state index contributed by atoms with van der Waals surface area (Å²) in [6, 6.07) is 7.34. The normalized spacial score (nSPS) is 28.7. The molecule has 43 heavy (non-hydrogen) atoms. The summed E-state index contributed by atoms with van der Waals surface area (Å²) in [5, 5.41) is 12.8. The molecule has 3 fully saturated rings. The highest BCUT2D eigenvalue weighted by Gasteiger charge is 2.77. The molecule has 1 unspecified atom stereocenters. The number of carbonyl (C=O) groups is 4. The predicted molar refractivity (Wildman–Crippen MR) is 164 cm³/mol. The van der Waals surface area contributed by atoms with Crippen molar-refractivity contribution in [3.63, 3.8) is 0 Å². The number of alkyl halides is 1. The van der Waals surface area contributed by atoms with Crippen LogP contribution in [0, 0.1) is 11.8 Å². The molecule has 0 aromatic heterocycles. The predicted octanol–water partition coefficient (Wildman–Crippen LogP) is 2.91. The molecular formula is C32H42BrN3O7. The van der Waals surface area contributed by atoms with Crippen molar-refractivity contribution in [1.29, 1.82) is 0 Å². The Morgan fingerprint density at radius 1 is 1.23 bits per heavy atom. The van der Waals surface area contributed by atoms with Crippen molar-refractivity contribution in [3.05, 3.63) is 61.2 Å². The molecule has 1 spiro atoms. The monoisotopic (exact) mass is 659 g/mol.